The molecule has 2 N–H and O–H groups in total. The number of ether oxygens (including phenoxy) is 1. The summed E-state index contributed by atoms with van der Waals surface area (Å²) in [6.45, 7) is 0.912. The third-order valence-electron chi connectivity index (χ3n) is 2.00. The van der Waals surface area contributed by atoms with Crippen LogP contribution < -0.4 is 5.73 Å². The molecule has 0 aliphatic rings. The molecule has 74 valence electrons. The van der Waals surface area contributed by atoms with Crippen molar-refractivity contribution in [2.75, 3.05) is 7.11 Å². The molecular weight excluding hydrogens is 180 g/mol. The molecule has 0 fully saturated rings. The van der Waals surface area contributed by atoms with Gasteiger partial charge in [-0.05, 0) is 17.7 Å². The predicted molar refractivity (Wildman–Crippen MR) is 52.6 cm³/mol. The Balaban J connectivity index is 2.43. The molecule has 0 bridgehead atoms. The van der Waals surface area contributed by atoms with E-state index in [9.17, 15) is 0 Å². The van der Waals surface area contributed by atoms with Crippen molar-refractivity contribution in [3.63, 3.8) is 0 Å². The smallest absolute Gasteiger partial charge is 0.221 e. The Kier molecular flexibility index (Phi) is 2.47. The van der Waals surface area contributed by atoms with Crippen LogP contribution in [0.25, 0.3) is 11.1 Å². The van der Waals surface area contributed by atoms with Gasteiger partial charge in [0, 0.05) is 13.7 Å². The van der Waals surface area contributed by atoms with Gasteiger partial charge in [-0.3, -0.25) is 0 Å². The Hall–Kier alpha value is -1.39. The van der Waals surface area contributed by atoms with Gasteiger partial charge >= 0.3 is 0 Å². The lowest BCUT2D eigenvalue weighted by Crippen LogP contribution is -1.95. The van der Waals surface area contributed by atoms with Crippen LogP contribution in [0, 0.1) is 0 Å². The fourth-order valence-corrected chi connectivity index (χ4v) is 1.33. The van der Waals surface area contributed by atoms with Crippen molar-refractivity contribution in [1.82, 2.24) is 4.98 Å². The van der Waals surface area contributed by atoms with E-state index in [-0.39, 0.29) is 0 Å². The number of benzene rings is 1. The molecule has 1 aromatic heterocycles. The fourth-order valence-electron chi connectivity index (χ4n) is 1.33. The highest BCUT2D eigenvalue weighted by atomic mass is 16.5. The van der Waals surface area contributed by atoms with Crippen LogP contribution in [0.5, 0.6) is 0 Å². The van der Waals surface area contributed by atoms with Crippen LogP contribution in [-0.2, 0) is 17.9 Å². The lowest BCUT2D eigenvalue weighted by atomic mass is 10.2. The van der Waals surface area contributed by atoms with Gasteiger partial charge in [-0.1, -0.05) is 6.07 Å². The maximum Gasteiger partial charge on any atom is 0.221 e. The van der Waals surface area contributed by atoms with E-state index in [1.54, 1.807) is 7.11 Å². The summed E-state index contributed by atoms with van der Waals surface area (Å²) in [4.78, 5) is 4.26. The maximum atomic E-state index is 5.52. The Morgan fingerprint density at radius 3 is 3.07 bits per heavy atom. The molecule has 4 nitrogen and oxygen atoms in total. The molecule has 0 spiro atoms. The molecule has 0 saturated carbocycles. The van der Waals surface area contributed by atoms with Crippen LogP contribution in [0.2, 0.25) is 0 Å². The second kappa shape index (κ2) is 3.77. The van der Waals surface area contributed by atoms with Crippen molar-refractivity contribution in [1.29, 1.82) is 0 Å². The molecule has 4 heteroatoms. The van der Waals surface area contributed by atoms with Crippen molar-refractivity contribution >= 4 is 11.1 Å². The number of nitrogens with two attached hydrogens (primary N) is 1. The zero-order valence-electron chi connectivity index (χ0n) is 7.99. The molecule has 0 saturated heterocycles. The van der Waals surface area contributed by atoms with E-state index in [1.165, 1.54) is 0 Å². The molecule has 1 heterocycles. The monoisotopic (exact) mass is 192 g/mol. The zero-order valence-corrected chi connectivity index (χ0v) is 7.99. The number of aromatic nitrogens is 1. The molecule has 0 radical (unpaired) electrons. The van der Waals surface area contributed by atoms with Crippen LogP contribution >= 0.6 is 0 Å². The first-order valence-corrected chi connectivity index (χ1v) is 4.41. The summed E-state index contributed by atoms with van der Waals surface area (Å²) in [6, 6.07) is 5.74. The van der Waals surface area contributed by atoms with E-state index in [4.69, 9.17) is 14.9 Å². The largest absolute Gasteiger partial charge is 0.438 e. The number of methoxy groups -OCH3 is 1. The Labute approximate surface area is 81.7 Å². The minimum absolute atomic E-state index is 0.395. The number of rotatable bonds is 3. The van der Waals surface area contributed by atoms with E-state index in [1.807, 2.05) is 18.2 Å². The number of oxazole rings is 1. The highest BCUT2D eigenvalue weighted by Gasteiger charge is 2.05. The maximum absolute atomic E-state index is 5.52. The Morgan fingerprint density at radius 2 is 2.36 bits per heavy atom. The van der Waals surface area contributed by atoms with Crippen LogP contribution in [0.1, 0.15) is 11.5 Å². The van der Waals surface area contributed by atoms with Gasteiger partial charge in [0.05, 0.1) is 0 Å². The molecular formula is C10H12N2O2. The molecule has 1 aromatic carbocycles. The second-order valence-electron chi connectivity index (χ2n) is 3.05. The molecule has 0 aliphatic heterocycles. The number of hydrogen-bond donors (Lipinski definition) is 1. The van der Waals surface area contributed by atoms with Gasteiger partial charge in [-0.25, -0.2) is 4.98 Å². The van der Waals surface area contributed by atoms with Gasteiger partial charge in [0.25, 0.3) is 0 Å². The number of nitrogens with zero attached hydrogens (tertiary/aromatic N) is 1. The van der Waals surface area contributed by atoms with Crippen molar-refractivity contribution in [2.45, 2.75) is 13.2 Å². The third kappa shape index (κ3) is 1.62. The SMILES string of the molecule is COCc1nc2cc(CN)ccc2o1. The van der Waals surface area contributed by atoms with Crippen molar-refractivity contribution in [3.8, 4) is 0 Å². The van der Waals surface area contributed by atoms with Crippen molar-refractivity contribution in [3.05, 3.63) is 29.7 Å². The summed E-state index contributed by atoms with van der Waals surface area (Å²) in [5.41, 5.74) is 8.18. The summed E-state index contributed by atoms with van der Waals surface area (Å²) in [6.07, 6.45) is 0. The number of fused-ring (bicyclic) bond motifs is 1. The molecule has 0 aliphatic carbocycles. The Morgan fingerprint density at radius 1 is 1.50 bits per heavy atom. The van der Waals surface area contributed by atoms with E-state index in [0.29, 0.717) is 19.0 Å². The highest BCUT2D eigenvalue weighted by molar-refractivity contribution is 5.73. The fraction of sp³-hybridized carbons (Fsp3) is 0.300. The van der Waals surface area contributed by atoms with Gasteiger partial charge in [-0.2, -0.15) is 0 Å². The first-order chi connectivity index (χ1) is 6.83. The lowest BCUT2D eigenvalue weighted by Gasteiger charge is -1.92. The summed E-state index contributed by atoms with van der Waals surface area (Å²) >= 11 is 0. The van der Waals surface area contributed by atoms with Crippen molar-refractivity contribution < 1.29 is 9.15 Å². The van der Waals surface area contributed by atoms with Gasteiger partial charge in [-0.15, -0.1) is 0 Å². The molecule has 0 atom stereocenters. The standard InChI is InChI=1S/C10H12N2O2/c1-13-6-10-12-8-4-7(5-11)2-3-9(8)14-10/h2-4H,5-6,11H2,1H3. The van der Waals surface area contributed by atoms with Crippen LogP contribution in [0.15, 0.2) is 22.6 Å². The van der Waals surface area contributed by atoms with Crippen LogP contribution in [0.4, 0.5) is 0 Å². The van der Waals surface area contributed by atoms with Gasteiger partial charge < -0.3 is 14.9 Å². The van der Waals surface area contributed by atoms with Gasteiger partial charge in [0.15, 0.2) is 5.58 Å². The normalized spacial score (nSPS) is 11.0. The molecule has 2 rings (SSSR count). The second-order valence-corrected chi connectivity index (χ2v) is 3.05. The summed E-state index contributed by atoms with van der Waals surface area (Å²) in [5.74, 6) is 0.594. The zero-order chi connectivity index (χ0) is 9.97. The average Bonchev–Trinajstić information content (AvgIpc) is 2.59. The van der Waals surface area contributed by atoms with E-state index in [0.717, 1.165) is 16.7 Å². The predicted octanol–water partition coefficient (Wildman–Crippen LogP) is 1.43. The topological polar surface area (TPSA) is 61.3 Å². The molecule has 0 amide bonds. The summed E-state index contributed by atoms with van der Waals surface area (Å²) in [5, 5.41) is 0. The first kappa shape index (κ1) is 9.18. The van der Waals surface area contributed by atoms with Crippen LogP contribution in [0.3, 0.4) is 0 Å². The Bertz CT molecular complexity index is 437. The molecule has 2 aromatic rings. The molecule has 0 unspecified atom stereocenters. The molecule has 14 heavy (non-hydrogen) atoms. The minimum atomic E-state index is 0.395. The summed E-state index contributed by atoms with van der Waals surface area (Å²) in [7, 11) is 1.61. The lowest BCUT2D eigenvalue weighted by molar-refractivity contribution is 0.161. The highest BCUT2D eigenvalue weighted by Crippen LogP contribution is 2.17. The minimum Gasteiger partial charge on any atom is -0.438 e. The summed E-state index contributed by atoms with van der Waals surface area (Å²) < 4.78 is 10.4. The van der Waals surface area contributed by atoms with Crippen molar-refractivity contribution in [2.24, 2.45) is 5.73 Å². The van der Waals surface area contributed by atoms with Gasteiger partial charge in [0.1, 0.15) is 12.1 Å². The van der Waals surface area contributed by atoms with Crippen LogP contribution in [-0.4, -0.2) is 12.1 Å². The number of hydrogen-bond acceptors (Lipinski definition) is 4. The van der Waals surface area contributed by atoms with E-state index in [2.05, 4.69) is 4.98 Å². The van der Waals surface area contributed by atoms with Gasteiger partial charge in [0.2, 0.25) is 5.89 Å². The first-order valence-electron chi connectivity index (χ1n) is 4.41. The van der Waals surface area contributed by atoms with E-state index >= 15 is 0 Å². The average molecular weight is 192 g/mol. The third-order valence-corrected chi connectivity index (χ3v) is 2.00. The quantitative estimate of drug-likeness (QED) is 0.799. The van der Waals surface area contributed by atoms with E-state index < -0.39 is 0 Å².